The summed E-state index contributed by atoms with van der Waals surface area (Å²) in [6.45, 7) is 22.3. The number of piperazine rings is 1. The first-order valence-electron chi connectivity index (χ1n) is 20.9. The lowest BCUT2D eigenvalue weighted by Crippen LogP contribution is -2.60. The Morgan fingerprint density at radius 2 is 1.68 bits per heavy atom. The topological polar surface area (TPSA) is 159 Å². The van der Waals surface area contributed by atoms with Gasteiger partial charge in [-0.3, -0.25) is 24.0 Å². The van der Waals surface area contributed by atoms with Crippen molar-refractivity contribution in [3.63, 3.8) is 0 Å². The summed E-state index contributed by atoms with van der Waals surface area (Å²) >= 11 is 0. The van der Waals surface area contributed by atoms with E-state index in [4.69, 9.17) is 23.7 Å². The molecule has 3 unspecified atom stereocenters. The van der Waals surface area contributed by atoms with Crippen LogP contribution in [-0.4, -0.2) is 111 Å². The summed E-state index contributed by atoms with van der Waals surface area (Å²) < 4.78 is 29.7. The molecular weight excluding hydrogens is 755 g/mol. The molecular formula is C46H67N3O10. The number of benzene rings is 1. The summed E-state index contributed by atoms with van der Waals surface area (Å²) in [7, 11) is 1.65. The Morgan fingerprint density at radius 1 is 1.02 bits per heavy atom. The van der Waals surface area contributed by atoms with Crippen molar-refractivity contribution >= 4 is 35.8 Å². The Balaban J connectivity index is 1.66. The maximum Gasteiger partial charge on any atom is 0.303 e. The molecule has 2 saturated heterocycles. The summed E-state index contributed by atoms with van der Waals surface area (Å²) in [6, 6.07) is 6.23. The van der Waals surface area contributed by atoms with Crippen molar-refractivity contribution in [2.45, 2.75) is 131 Å². The van der Waals surface area contributed by atoms with E-state index in [1.165, 1.54) is 26.3 Å². The smallest absolute Gasteiger partial charge is 0.303 e. The van der Waals surface area contributed by atoms with Crippen LogP contribution < -0.4 is 10.6 Å². The number of amides is 2. The van der Waals surface area contributed by atoms with Gasteiger partial charge < -0.3 is 39.2 Å². The van der Waals surface area contributed by atoms with Crippen molar-refractivity contribution in [2.75, 3.05) is 39.9 Å². The Labute approximate surface area is 350 Å². The van der Waals surface area contributed by atoms with Gasteiger partial charge in [-0.15, -0.1) is 0 Å². The number of methoxy groups -OCH3 is 1. The van der Waals surface area contributed by atoms with Gasteiger partial charge in [0.1, 0.15) is 24.4 Å². The number of hydrogen-bond donors (Lipinski definition) is 2. The molecule has 1 aliphatic carbocycles. The standard InChI is InChI=1S/C46H67N3O10/c1-13-27(2)39-29(4)40(55-12)37(41-42(58-32(7)52)38(57-31(6)51)25-36(59-41)26-56-30(5)50)24-35(39)23-34-15-14-33(22-28(34)3)16-17-45(8,9)43(53)48-46(10,11)44(54)49-20-18-47-19-21-49/h14-17,22,24,27,29,36,38,40-42,47H,13,18-21,23,25-26H2,1-12H3,(H,48,53)/b17-16+/t27?,29?,36-,38-,40?,41-,42+/m0/s1. The largest absolute Gasteiger partial charge is 0.463 e. The van der Waals surface area contributed by atoms with E-state index in [0.717, 1.165) is 47.3 Å². The summed E-state index contributed by atoms with van der Waals surface area (Å²) in [5.74, 6) is -1.74. The Kier molecular flexibility index (Phi) is 16.3. The van der Waals surface area contributed by atoms with Crippen LogP contribution in [0.1, 0.15) is 98.8 Å². The van der Waals surface area contributed by atoms with Gasteiger partial charge in [-0.2, -0.15) is 0 Å². The number of esters is 3. The first-order chi connectivity index (χ1) is 27.7. The normalized spacial score (nSPS) is 24.6. The highest BCUT2D eigenvalue weighted by Gasteiger charge is 2.48. The van der Waals surface area contributed by atoms with Gasteiger partial charge in [-0.1, -0.05) is 62.8 Å². The third-order valence-corrected chi connectivity index (χ3v) is 11.7. The Morgan fingerprint density at radius 3 is 2.25 bits per heavy atom. The summed E-state index contributed by atoms with van der Waals surface area (Å²) in [4.78, 5) is 65.2. The first kappa shape index (κ1) is 47.3. The predicted octanol–water partition coefficient (Wildman–Crippen LogP) is 5.42. The van der Waals surface area contributed by atoms with Crippen LogP contribution in [-0.2, 0) is 54.1 Å². The molecule has 13 heteroatoms. The number of hydrogen-bond acceptors (Lipinski definition) is 11. The van der Waals surface area contributed by atoms with Gasteiger partial charge in [0.2, 0.25) is 11.8 Å². The zero-order valence-corrected chi connectivity index (χ0v) is 37.2. The quantitative estimate of drug-likeness (QED) is 0.172. The number of rotatable bonds is 15. The number of nitrogens with one attached hydrogen (secondary N) is 2. The second kappa shape index (κ2) is 20.3. The van der Waals surface area contributed by atoms with E-state index >= 15 is 0 Å². The molecule has 4 rings (SSSR count). The minimum atomic E-state index is -1.05. The highest BCUT2D eigenvalue weighted by molar-refractivity contribution is 5.93. The molecule has 2 N–H and O–H groups in total. The van der Waals surface area contributed by atoms with Crippen LogP contribution in [0.15, 0.2) is 47.1 Å². The molecule has 7 atom stereocenters. The Bertz CT molecular complexity index is 1810. The fourth-order valence-electron chi connectivity index (χ4n) is 8.37. The fourth-order valence-corrected chi connectivity index (χ4v) is 8.37. The lowest BCUT2D eigenvalue weighted by Gasteiger charge is -2.45. The van der Waals surface area contributed by atoms with Crippen molar-refractivity contribution in [3.05, 3.63) is 63.8 Å². The number of nitrogens with zero attached hydrogens (tertiary/aromatic N) is 1. The molecule has 1 aromatic rings. The van der Waals surface area contributed by atoms with Gasteiger partial charge in [0.25, 0.3) is 0 Å². The van der Waals surface area contributed by atoms with E-state index in [9.17, 15) is 24.0 Å². The van der Waals surface area contributed by atoms with Gasteiger partial charge >= 0.3 is 17.9 Å². The van der Waals surface area contributed by atoms with Crippen LogP contribution >= 0.6 is 0 Å². The first-order valence-corrected chi connectivity index (χ1v) is 20.9. The number of ether oxygens (including phenoxy) is 5. The van der Waals surface area contributed by atoms with Gasteiger partial charge in [0, 0.05) is 66.4 Å². The van der Waals surface area contributed by atoms with Gasteiger partial charge in [0.15, 0.2) is 6.10 Å². The average Bonchev–Trinajstić information content (AvgIpc) is 3.17. The number of carbonyl (C=O) groups excluding carboxylic acids is 5. The van der Waals surface area contributed by atoms with Crippen molar-refractivity contribution in [3.8, 4) is 0 Å². The van der Waals surface area contributed by atoms with E-state index in [2.05, 4.69) is 56.5 Å². The SMILES string of the molecule is CCC(C)C1=C(Cc2ccc(/C=C/C(C)(C)C(=O)NC(C)(C)C(=O)N3CCNCC3)cc2C)C=C([C@@H]2O[C@H](COC(C)=O)C[C@H](OC(C)=O)[C@H]2OC(C)=O)C(OC)C1C. The van der Waals surface area contributed by atoms with E-state index in [1.807, 2.05) is 32.1 Å². The third-order valence-electron chi connectivity index (χ3n) is 11.7. The molecule has 0 bridgehead atoms. The monoisotopic (exact) mass is 821 g/mol. The van der Waals surface area contributed by atoms with E-state index in [-0.39, 0.29) is 36.7 Å². The predicted molar refractivity (Wildman–Crippen MR) is 225 cm³/mol. The van der Waals surface area contributed by atoms with Gasteiger partial charge in [0.05, 0.1) is 17.6 Å². The molecule has 2 amide bonds. The number of aryl methyl sites for hydroxylation is 1. The third kappa shape index (κ3) is 12.1. The lowest BCUT2D eigenvalue weighted by molar-refractivity contribution is -0.208. The zero-order valence-electron chi connectivity index (χ0n) is 37.2. The minimum Gasteiger partial charge on any atom is -0.463 e. The molecule has 2 aliphatic heterocycles. The molecule has 0 aromatic heterocycles. The van der Waals surface area contributed by atoms with Gasteiger partial charge in [-0.25, -0.2) is 0 Å². The molecule has 59 heavy (non-hydrogen) atoms. The number of allylic oxidation sites excluding steroid dienone is 2. The van der Waals surface area contributed by atoms with Crippen LogP contribution in [0.25, 0.3) is 6.08 Å². The van der Waals surface area contributed by atoms with Crippen molar-refractivity contribution < 1.29 is 47.7 Å². The summed E-state index contributed by atoms with van der Waals surface area (Å²) in [5.41, 5.74) is 4.25. The van der Waals surface area contributed by atoms with Crippen LogP contribution in [0.4, 0.5) is 0 Å². The maximum absolute atomic E-state index is 13.5. The fraction of sp³-hybridized carbons (Fsp3) is 0.630. The van der Waals surface area contributed by atoms with Crippen molar-refractivity contribution in [2.24, 2.45) is 17.3 Å². The molecule has 3 aliphatic rings. The molecule has 2 fully saturated rings. The van der Waals surface area contributed by atoms with Crippen LogP contribution in [0, 0.1) is 24.2 Å². The highest BCUT2D eigenvalue weighted by atomic mass is 16.6. The molecule has 0 saturated carbocycles. The molecule has 1 aromatic carbocycles. The maximum atomic E-state index is 13.5. The Hall–Kier alpha value is -4.33. The highest BCUT2D eigenvalue weighted by Crippen LogP contribution is 2.43. The molecule has 326 valence electrons. The minimum absolute atomic E-state index is 0.0615. The summed E-state index contributed by atoms with van der Waals surface area (Å²) in [6.07, 6.45) is 3.81. The van der Waals surface area contributed by atoms with E-state index < -0.39 is 59.4 Å². The molecule has 13 nitrogen and oxygen atoms in total. The zero-order chi connectivity index (χ0) is 43.8. The van der Waals surface area contributed by atoms with Crippen molar-refractivity contribution in [1.29, 1.82) is 0 Å². The van der Waals surface area contributed by atoms with E-state index in [0.29, 0.717) is 19.5 Å². The molecule has 2 heterocycles. The number of carbonyl (C=O) groups is 5. The molecule has 0 radical (unpaired) electrons. The van der Waals surface area contributed by atoms with Gasteiger partial charge in [-0.05, 0) is 81.2 Å². The second-order valence-electron chi connectivity index (χ2n) is 17.4. The van der Waals surface area contributed by atoms with Crippen molar-refractivity contribution in [1.82, 2.24) is 15.5 Å². The van der Waals surface area contributed by atoms with Crippen LogP contribution in [0.2, 0.25) is 0 Å². The van der Waals surface area contributed by atoms with Crippen LogP contribution in [0.3, 0.4) is 0 Å². The van der Waals surface area contributed by atoms with E-state index in [1.54, 1.807) is 25.9 Å². The lowest BCUT2D eigenvalue weighted by atomic mass is 9.72. The van der Waals surface area contributed by atoms with Crippen LogP contribution in [0.5, 0.6) is 0 Å². The average molecular weight is 822 g/mol. The second-order valence-corrected chi connectivity index (χ2v) is 17.4. The molecule has 0 spiro atoms. The summed E-state index contributed by atoms with van der Waals surface area (Å²) in [5, 5.41) is 6.24.